The maximum Gasteiger partial charge on any atom is 0.399 e. The summed E-state index contributed by atoms with van der Waals surface area (Å²) in [4.78, 5) is 14.2. The van der Waals surface area contributed by atoms with Gasteiger partial charge in [0.2, 0.25) is 5.91 Å². The fourth-order valence-corrected chi connectivity index (χ4v) is 2.24. The third-order valence-electron chi connectivity index (χ3n) is 3.10. The Morgan fingerprint density at radius 2 is 1.95 bits per heavy atom. The van der Waals surface area contributed by atoms with Crippen molar-refractivity contribution in [3.05, 3.63) is 0 Å². The van der Waals surface area contributed by atoms with Gasteiger partial charge >= 0.3 is 6.18 Å². The molecule has 0 aromatic carbocycles. The average molecular weight is 297 g/mol. The van der Waals surface area contributed by atoms with Gasteiger partial charge in [0.05, 0.1) is 11.5 Å². The first-order valence-electron chi connectivity index (χ1n) is 6.04. The number of hydrogen-bond acceptors (Lipinski definition) is 3. The second-order valence-corrected chi connectivity index (χ2v) is 5.25. The molecule has 0 radical (unpaired) electrons. The topological polar surface area (TPSA) is 49.6 Å². The molecule has 1 amide bonds. The highest BCUT2D eigenvalue weighted by molar-refractivity contribution is 7.80. The van der Waals surface area contributed by atoms with Crippen LogP contribution in [0.2, 0.25) is 0 Å². The third kappa shape index (κ3) is 4.94. The maximum absolute atomic E-state index is 12.7. The zero-order chi connectivity index (χ0) is 14.6. The van der Waals surface area contributed by atoms with Gasteiger partial charge in [0.15, 0.2) is 0 Å². The number of likely N-dealkylation sites (tertiary alicyclic amines) is 1. The summed E-state index contributed by atoms with van der Waals surface area (Å²) in [6, 6.07) is 0. The smallest absolute Gasteiger partial charge is 0.393 e. The molecular weight excluding hydrogens is 279 g/mol. The summed E-state index contributed by atoms with van der Waals surface area (Å²) < 4.78 is 38.0. The summed E-state index contributed by atoms with van der Waals surface area (Å²) in [5, 5.41) is 0. The Kier molecular flexibility index (Phi) is 5.54. The van der Waals surface area contributed by atoms with Crippen LogP contribution in [-0.2, 0) is 4.79 Å². The van der Waals surface area contributed by atoms with E-state index in [2.05, 4.69) is 12.2 Å². The molecule has 1 aliphatic rings. The van der Waals surface area contributed by atoms with Crippen LogP contribution in [0.1, 0.15) is 12.8 Å². The largest absolute Gasteiger partial charge is 0.399 e. The number of thiocarbonyl (C=S) groups is 1. The van der Waals surface area contributed by atoms with Crippen LogP contribution in [0, 0.1) is 5.92 Å². The summed E-state index contributed by atoms with van der Waals surface area (Å²) in [5.74, 6) is -2.03. The highest BCUT2D eigenvalue weighted by Gasteiger charge is 2.42. The fraction of sp³-hybridized carbons (Fsp3) is 0.818. The van der Waals surface area contributed by atoms with E-state index in [4.69, 9.17) is 5.73 Å². The standard InChI is InChI=1S/C11H18F3N3OS/c1-16(6-8(10(15)19)11(12,13)14)7-9(18)17-4-2-3-5-17/h8H,2-7H2,1H3,(H2,15,19). The number of halogens is 3. The Bertz CT molecular complexity index is 343. The lowest BCUT2D eigenvalue weighted by molar-refractivity contribution is -0.159. The summed E-state index contributed by atoms with van der Waals surface area (Å²) in [6.07, 6.45) is -2.57. The molecule has 4 nitrogen and oxygen atoms in total. The number of carbonyl (C=O) groups excluding carboxylic acids is 1. The lowest BCUT2D eigenvalue weighted by Gasteiger charge is -2.26. The molecule has 1 aliphatic heterocycles. The summed E-state index contributed by atoms with van der Waals surface area (Å²) in [6.45, 7) is 0.933. The molecule has 110 valence electrons. The number of likely N-dealkylation sites (N-methyl/N-ethyl adjacent to an activating group) is 1. The van der Waals surface area contributed by atoms with Crippen molar-refractivity contribution >= 4 is 23.1 Å². The van der Waals surface area contributed by atoms with Crippen LogP contribution in [0.3, 0.4) is 0 Å². The van der Waals surface area contributed by atoms with Crippen molar-refractivity contribution in [3.8, 4) is 0 Å². The third-order valence-corrected chi connectivity index (χ3v) is 3.38. The normalized spacial score (nSPS) is 17.8. The monoisotopic (exact) mass is 297 g/mol. The SMILES string of the molecule is CN(CC(=O)N1CCCC1)CC(C(N)=S)C(F)(F)F. The zero-order valence-corrected chi connectivity index (χ0v) is 11.6. The molecule has 1 rings (SSSR count). The Hall–Kier alpha value is -0.890. The van der Waals surface area contributed by atoms with Crippen molar-refractivity contribution in [1.29, 1.82) is 0 Å². The Balaban J connectivity index is 2.50. The highest BCUT2D eigenvalue weighted by atomic mass is 32.1. The first kappa shape index (κ1) is 16.2. The molecule has 0 bridgehead atoms. The number of hydrogen-bond donors (Lipinski definition) is 1. The van der Waals surface area contributed by atoms with Crippen LogP contribution < -0.4 is 5.73 Å². The molecule has 0 aromatic rings. The number of rotatable bonds is 5. The molecule has 0 aromatic heterocycles. The quantitative estimate of drug-likeness (QED) is 0.769. The van der Waals surface area contributed by atoms with Gasteiger partial charge in [-0.15, -0.1) is 0 Å². The minimum absolute atomic E-state index is 0.0464. The summed E-state index contributed by atoms with van der Waals surface area (Å²) in [7, 11) is 1.46. The van der Waals surface area contributed by atoms with Crippen LogP contribution in [-0.4, -0.2) is 60.1 Å². The number of amides is 1. The van der Waals surface area contributed by atoms with Crippen molar-refractivity contribution in [3.63, 3.8) is 0 Å². The van der Waals surface area contributed by atoms with Crippen LogP contribution in [0.4, 0.5) is 13.2 Å². The first-order valence-corrected chi connectivity index (χ1v) is 6.45. The molecular formula is C11H18F3N3OS. The molecule has 1 saturated heterocycles. The van der Waals surface area contributed by atoms with Crippen molar-refractivity contribution in [2.24, 2.45) is 11.7 Å². The van der Waals surface area contributed by atoms with Crippen LogP contribution in [0.25, 0.3) is 0 Å². The molecule has 1 atom stereocenters. The van der Waals surface area contributed by atoms with Gasteiger partial charge in [-0.25, -0.2) is 0 Å². The predicted octanol–water partition coefficient (Wildman–Crippen LogP) is 1.01. The number of nitrogens with zero attached hydrogens (tertiary/aromatic N) is 2. The minimum Gasteiger partial charge on any atom is -0.393 e. The molecule has 1 heterocycles. The van der Waals surface area contributed by atoms with E-state index in [1.807, 2.05) is 0 Å². The number of alkyl halides is 3. The molecule has 1 unspecified atom stereocenters. The van der Waals surface area contributed by atoms with E-state index in [1.165, 1.54) is 11.9 Å². The van der Waals surface area contributed by atoms with Crippen LogP contribution in [0.5, 0.6) is 0 Å². The van der Waals surface area contributed by atoms with Crippen molar-refractivity contribution in [1.82, 2.24) is 9.80 Å². The Morgan fingerprint density at radius 3 is 2.37 bits per heavy atom. The van der Waals surface area contributed by atoms with Gasteiger partial charge in [-0.05, 0) is 19.9 Å². The van der Waals surface area contributed by atoms with Crippen molar-refractivity contribution in [2.75, 3.05) is 33.2 Å². The van der Waals surface area contributed by atoms with Crippen LogP contribution in [0.15, 0.2) is 0 Å². The second kappa shape index (κ2) is 6.51. The fourth-order valence-electron chi connectivity index (χ4n) is 2.03. The van der Waals surface area contributed by atoms with E-state index in [0.29, 0.717) is 13.1 Å². The minimum atomic E-state index is -4.48. The second-order valence-electron chi connectivity index (χ2n) is 4.78. The van der Waals surface area contributed by atoms with Gasteiger partial charge in [0.1, 0.15) is 5.92 Å². The number of carbonyl (C=O) groups is 1. The maximum atomic E-state index is 12.7. The summed E-state index contributed by atoms with van der Waals surface area (Å²) >= 11 is 4.44. The van der Waals surface area contributed by atoms with E-state index in [1.54, 1.807) is 4.90 Å². The summed E-state index contributed by atoms with van der Waals surface area (Å²) in [5.41, 5.74) is 5.11. The molecule has 0 spiro atoms. The highest BCUT2D eigenvalue weighted by Crippen LogP contribution is 2.27. The van der Waals surface area contributed by atoms with E-state index in [9.17, 15) is 18.0 Å². The van der Waals surface area contributed by atoms with Crippen molar-refractivity contribution < 1.29 is 18.0 Å². The molecule has 8 heteroatoms. The van der Waals surface area contributed by atoms with E-state index in [-0.39, 0.29) is 12.5 Å². The van der Waals surface area contributed by atoms with Gasteiger partial charge in [0.25, 0.3) is 0 Å². The molecule has 0 saturated carbocycles. The first-order chi connectivity index (χ1) is 8.71. The molecule has 0 aliphatic carbocycles. The molecule has 1 fully saturated rings. The van der Waals surface area contributed by atoms with Crippen LogP contribution >= 0.6 is 12.2 Å². The Morgan fingerprint density at radius 1 is 1.42 bits per heavy atom. The zero-order valence-electron chi connectivity index (χ0n) is 10.7. The predicted molar refractivity (Wildman–Crippen MR) is 69.6 cm³/mol. The lowest BCUT2D eigenvalue weighted by atomic mass is 10.1. The van der Waals surface area contributed by atoms with E-state index < -0.39 is 23.6 Å². The van der Waals surface area contributed by atoms with E-state index >= 15 is 0 Å². The molecule has 19 heavy (non-hydrogen) atoms. The molecule has 2 N–H and O–H groups in total. The van der Waals surface area contributed by atoms with Gasteiger partial charge in [-0.1, -0.05) is 12.2 Å². The van der Waals surface area contributed by atoms with Gasteiger partial charge < -0.3 is 10.6 Å². The van der Waals surface area contributed by atoms with Gasteiger partial charge in [0, 0.05) is 19.6 Å². The lowest BCUT2D eigenvalue weighted by Crippen LogP contribution is -2.45. The average Bonchev–Trinajstić information content (AvgIpc) is 2.77. The van der Waals surface area contributed by atoms with Gasteiger partial charge in [-0.2, -0.15) is 13.2 Å². The van der Waals surface area contributed by atoms with E-state index in [0.717, 1.165) is 12.8 Å². The van der Waals surface area contributed by atoms with Gasteiger partial charge in [-0.3, -0.25) is 9.69 Å². The number of nitrogens with two attached hydrogens (primary N) is 1. The van der Waals surface area contributed by atoms with Crippen molar-refractivity contribution in [2.45, 2.75) is 19.0 Å². The Labute approximate surface area is 115 Å².